The third-order valence-electron chi connectivity index (χ3n) is 2.18. The maximum atomic E-state index is 8.55. The molecule has 15 heavy (non-hydrogen) atoms. The Morgan fingerprint density at radius 1 is 1.07 bits per heavy atom. The number of aliphatic hydroxyl groups excluding tert-OH is 1. The number of unbranched alkanes of at least 4 members (excludes halogenated alkanes) is 3. The van der Waals surface area contributed by atoms with Crippen LogP contribution in [-0.2, 0) is 0 Å². The highest BCUT2D eigenvalue weighted by atomic mass is 16.4. The van der Waals surface area contributed by atoms with E-state index >= 15 is 0 Å². The minimum Gasteiger partial charge on any atom is -0.409 e. The Morgan fingerprint density at radius 2 is 1.73 bits per heavy atom. The van der Waals surface area contributed by atoms with Crippen LogP contribution in [0.15, 0.2) is 5.16 Å². The van der Waals surface area contributed by atoms with Crippen LogP contribution in [-0.4, -0.2) is 35.8 Å². The molecule has 0 aromatic heterocycles. The van der Waals surface area contributed by atoms with Gasteiger partial charge in [-0.25, -0.2) is 0 Å². The Hall–Kier alpha value is -0.810. The van der Waals surface area contributed by atoms with Crippen molar-refractivity contribution in [2.75, 3.05) is 19.7 Å². The smallest absolute Gasteiger partial charge is 0.139 e. The van der Waals surface area contributed by atoms with Gasteiger partial charge in [0.15, 0.2) is 0 Å². The highest BCUT2D eigenvalue weighted by Gasteiger charge is 1.93. The first-order valence-electron chi connectivity index (χ1n) is 5.59. The molecular formula is C10H23N3O2. The van der Waals surface area contributed by atoms with Crippen molar-refractivity contribution in [3.8, 4) is 0 Å². The van der Waals surface area contributed by atoms with Crippen LogP contribution in [0.3, 0.4) is 0 Å². The SMILES string of the molecule is NC(CCCCNCCCCCO)=NO. The van der Waals surface area contributed by atoms with Gasteiger partial charge >= 0.3 is 0 Å². The topological polar surface area (TPSA) is 90.9 Å². The summed E-state index contributed by atoms with van der Waals surface area (Å²) in [6, 6.07) is 0. The second-order valence-corrected chi connectivity index (χ2v) is 3.58. The Kier molecular flexibility index (Phi) is 10.7. The molecule has 5 N–H and O–H groups in total. The largest absolute Gasteiger partial charge is 0.409 e. The van der Waals surface area contributed by atoms with Crippen LogP contribution in [0.5, 0.6) is 0 Å². The summed E-state index contributed by atoms with van der Waals surface area (Å²) in [5.41, 5.74) is 5.32. The molecule has 0 amide bonds. The average Bonchev–Trinajstić information content (AvgIpc) is 2.26. The van der Waals surface area contributed by atoms with Gasteiger partial charge in [-0.2, -0.15) is 0 Å². The van der Waals surface area contributed by atoms with Gasteiger partial charge in [0.05, 0.1) is 0 Å². The fraction of sp³-hybridized carbons (Fsp3) is 0.900. The van der Waals surface area contributed by atoms with Crippen LogP contribution in [0.25, 0.3) is 0 Å². The lowest BCUT2D eigenvalue weighted by Crippen LogP contribution is -2.18. The van der Waals surface area contributed by atoms with E-state index in [1.807, 2.05) is 0 Å². The normalized spacial score (nSPS) is 11.9. The summed E-state index contributed by atoms with van der Waals surface area (Å²) < 4.78 is 0. The molecule has 0 heterocycles. The van der Waals surface area contributed by atoms with Gasteiger partial charge in [-0.3, -0.25) is 0 Å². The molecule has 0 saturated heterocycles. The number of hydrogen-bond donors (Lipinski definition) is 4. The van der Waals surface area contributed by atoms with Crippen molar-refractivity contribution in [1.82, 2.24) is 5.32 Å². The molecular weight excluding hydrogens is 194 g/mol. The molecule has 0 aliphatic carbocycles. The minimum atomic E-state index is 0.291. The number of nitrogens with two attached hydrogens (primary N) is 1. The number of aliphatic hydroxyl groups is 1. The lowest BCUT2D eigenvalue weighted by Gasteiger charge is -2.03. The van der Waals surface area contributed by atoms with Crippen LogP contribution in [0.2, 0.25) is 0 Å². The quantitative estimate of drug-likeness (QED) is 0.142. The fourth-order valence-electron chi connectivity index (χ4n) is 1.27. The molecule has 0 aromatic rings. The van der Waals surface area contributed by atoms with E-state index in [-0.39, 0.29) is 0 Å². The van der Waals surface area contributed by atoms with Crippen molar-refractivity contribution in [3.05, 3.63) is 0 Å². The van der Waals surface area contributed by atoms with E-state index in [9.17, 15) is 0 Å². The zero-order valence-corrected chi connectivity index (χ0v) is 9.28. The van der Waals surface area contributed by atoms with E-state index in [1.54, 1.807) is 0 Å². The molecule has 0 unspecified atom stereocenters. The molecule has 90 valence electrons. The van der Waals surface area contributed by atoms with E-state index < -0.39 is 0 Å². The van der Waals surface area contributed by atoms with E-state index in [2.05, 4.69) is 10.5 Å². The summed E-state index contributed by atoms with van der Waals surface area (Å²) in [6.07, 6.45) is 5.72. The lowest BCUT2D eigenvalue weighted by atomic mass is 10.2. The molecule has 0 aliphatic rings. The molecule has 0 saturated carbocycles. The molecule has 0 spiro atoms. The van der Waals surface area contributed by atoms with Gasteiger partial charge in [0, 0.05) is 13.0 Å². The summed E-state index contributed by atoms with van der Waals surface area (Å²) in [4.78, 5) is 0. The zero-order valence-electron chi connectivity index (χ0n) is 9.28. The highest BCUT2D eigenvalue weighted by molar-refractivity contribution is 5.79. The standard InChI is InChI=1S/C10H23N3O2/c11-10(13-15)6-2-4-8-12-7-3-1-5-9-14/h12,14-15H,1-9H2,(H2,11,13). The Morgan fingerprint density at radius 3 is 2.33 bits per heavy atom. The Balaban J connectivity index is 2.99. The van der Waals surface area contributed by atoms with Crippen molar-refractivity contribution in [2.45, 2.75) is 38.5 Å². The van der Waals surface area contributed by atoms with Gasteiger partial charge in [-0.15, -0.1) is 0 Å². The number of nitrogens with one attached hydrogen (secondary N) is 1. The Bertz CT molecular complexity index is 163. The first-order chi connectivity index (χ1) is 7.31. The monoisotopic (exact) mass is 217 g/mol. The minimum absolute atomic E-state index is 0.291. The van der Waals surface area contributed by atoms with Crippen molar-refractivity contribution in [2.24, 2.45) is 10.9 Å². The van der Waals surface area contributed by atoms with E-state index in [0.717, 1.165) is 45.2 Å². The summed E-state index contributed by atoms with van der Waals surface area (Å²) >= 11 is 0. The Labute approximate surface area is 91.4 Å². The molecule has 5 heteroatoms. The van der Waals surface area contributed by atoms with Crippen LogP contribution in [0.4, 0.5) is 0 Å². The van der Waals surface area contributed by atoms with E-state index in [4.69, 9.17) is 16.0 Å². The molecule has 0 rings (SSSR count). The first-order valence-corrected chi connectivity index (χ1v) is 5.59. The van der Waals surface area contributed by atoms with Gasteiger partial charge in [0.2, 0.25) is 0 Å². The summed E-state index contributed by atoms with van der Waals surface area (Å²) in [5, 5.41) is 23.1. The maximum absolute atomic E-state index is 8.55. The molecule has 0 bridgehead atoms. The van der Waals surface area contributed by atoms with Gasteiger partial charge in [-0.1, -0.05) is 5.16 Å². The van der Waals surface area contributed by atoms with Gasteiger partial charge in [0.25, 0.3) is 0 Å². The molecule has 0 radical (unpaired) electrons. The molecule has 0 aromatic carbocycles. The van der Waals surface area contributed by atoms with E-state index in [0.29, 0.717) is 18.9 Å². The summed E-state index contributed by atoms with van der Waals surface area (Å²) in [7, 11) is 0. The number of oxime groups is 1. The fourth-order valence-corrected chi connectivity index (χ4v) is 1.27. The summed E-state index contributed by atoms with van der Waals surface area (Å²) in [5.74, 6) is 0.304. The van der Waals surface area contributed by atoms with Crippen molar-refractivity contribution < 1.29 is 10.3 Å². The van der Waals surface area contributed by atoms with Gasteiger partial charge < -0.3 is 21.4 Å². The second-order valence-electron chi connectivity index (χ2n) is 3.58. The van der Waals surface area contributed by atoms with Gasteiger partial charge in [0.1, 0.15) is 5.84 Å². The predicted octanol–water partition coefficient (Wildman–Crippen LogP) is 0.655. The predicted molar refractivity (Wildman–Crippen MR) is 61.1 cm³/mol. The van der Waals surface area contributed by atoms with Gasteiger partial charge in [-0.05, 0) is 45.2 Å². The molecule has 5 nitrogen and oxygen atoms in total. The third-order valence-corrected chi connectivity index (χ3v) is 2.18. The lowest BCUT2D eigenvalue weighted by molar-refractivity contribution is 0.283. The number of hydrogen-bond acceptors (Lipinski definition) is 4. The van der Waals surface area contributed by atoms with Crippen molar-refractivity contribution in [1.29, 1.82) is 0 Å². The first kappa shape index (κ1) is 14.2. The number of amidine groups is 1. The van der Waals surface area contributed by atoms with Crippen LogP contribution in [0, 0.1) is 0 Å². The second kappa shape index (κ2) is 11.3. The third kappa shape index (κ3) is 11.1. The zero-order chi connectivity index (χ0) is 11.4. The van der Waals surface area contributed by atoms with E-state index in [1.165, 1.54) is 0 Å². The highest BCUT2D eigenvalue weighted by Crippen LogP contribution is 1.95. The molecule has 0 fully saturated rings. The van der Waals surface area contributed by atoms with Crippen LogP contribution in [0.1, 0.15) is 38.5 Å². The van der Waals surface area contributed by atoms with Crippen LogP contribution >= 0.6 is 0 Å². The van der Waals surface area contributed by atoms with Crippen LogP contribution < -0.4 is 11.1 Å². The molecule has 0 atom stereocenters. The molecule has 0 aliphatic heterocycles. The number of nitrogens with zero attached hydrogens (tertiary/aromatic N) is 1. The number of rotatable bonds is 10. The average molecular weight is 217 g/mol. The van der Waals surface area contributed by atoms with Crippen molar-refractivity contribution in [3.63, 3.8) is 0 Å². The maximum Gasteiger partial charge on any atom is 0.139 e. The van der Waals surface area contributed by atoms with Crippen molar-refractivity contribution >= 4 is 5.84 Å². The summed E-state index contributed by atoms with van der Waals surface area (Å²) in [6.45, 7) is 2.27.